The normalized spacial score (nSPS) is 10.8. The van der Waals surface area contributed by atoms with Crippen molar-refractivity contribution in [2.75, 3.05) is 17.7 Å². The fourth-order valence-corrected chi connectivity index (χ4v) is 4.33. The van der Waals surface area contributed by atoms with Crippen LogP contribution in [0.2, 0.25) is 0 Å². The summed E-state index contributed by atoms with van der Waals surface area (Å²) in [6.07, 6.45) is 0. The minimum atomic E-state index is -0.597. The van der Waals surface area contributed by atoms with Crippen molar-refractivity contribution in [2.45, 2.75) is 26.6 Å². The van der Waals surface area contributed by atoms with Gasteiger partial charge in [0.15, 0.2) is 0 Å². The average Bonchev–Trinajstić information content (AvgIpc) is 3.30. The van der Waals surface area contributed by atoms with Gasteiger partial charge in [-0.2, -0.15) is 0 Å². The number of carbonyl (C=O) groups is 1. The van der Waals surface area contributed by atoms with E-state index in [9.17, 15) is 14.4 Å². The van der Waals surface area contributed by atoms with Crippen molar-refractivity contribution in [3.8, 4) is 0 Å². The molecule has 4 N–H and O–H groups in total. The second-order valence-electron chi connectivity index (χ2n) is 8.09. The number of nitrogens with zero attached hydrogens (tertiary/aromatic N) is 4. The molecule has 0 fully saturated rings. The number of nitrogens with two attached hydrogens (primary N) is 1. The number of carbonyl (C=O) groups excluding carboxylic acids is 1. The van der Waals surface area contributed by atoms with E-state index < -0.39 is 11.2 Å². The van der Waals surface area contributed by atoms with Crippen molar-refractivity contribution in [1.82, 2.24) is 25.1 Å². The zero-order valence-corrected chi connectivity index (χ0v) is 20.1. The van der Waals surface area contributed by atoms with Gasteiger partial charge in [-0.05, 0) is 18.1 Å². The topological polar surface area (TPSA) is 139 Å². The molecule has 0 spiro atoms. The highest BCUT2D eigenvalue weighted by atomic mass is 32.1. The number of hydrogen-bond donors (Lipinski definition) is 3. The summed E-state index contributed by atoms with van der Waals surface area (Å²) < 4.78 is 1.31. The summed E-state index contributed by atoms with van der Waals surface area (Å²) in [4.78, 5) is 41.4. The maximum atomic E-state index is 12.6. The maximum Gasteiger partial charge on any atom is 0.330 e. The lowest BCUT2D eigenvalue weighted by Crippen LogP contribution is -2.37. The van der Waals surface area contributed by atoms with E-state index in [4.69, 9.17) is 5.73 Å². The van der Waals surface area contributed by atoms with Gasteiger partial charge in [0.2, 0.25) is 5.01 Å². The predicted octanol–water partition coefficient (Wildman–Crippen LogP) is 1.89. The van der Waals surface area contributed by atoms with Crippen LogP contribution in [0.1, 0.15) is 31.5 Å². The Labute approximate surface area is 205 Å². The van der Waals surface area contributed by atoms with Crippen LogP contribution >= 0.6 is 11.3 Å². The van der Waals surface area contributed by atoms with Crippen LogP contribution in [-0.2, 0) is 19.6 Å². The van der Waals surface area contributed by atoms with Crippen LogP contribution in [0.5, 0.6) is 0 Å². The number of hydrogen-bond acceptors (Lipinski definition) is 8. The fraction of sp³-hybridized carbons (Fsp3) is 0.208. The Hall–Kier alpha value is -4.25. The molecule has 0 saturated carbocycles. The molecule has 0 unspecified atom stereocenters. The number of aryl methyl sites for hydroxylation is 1. The highest BCUT2D eigenvalue weighted by Crippen LogP contribution is 2.20. The molecule has 35 heavy (non-hydrogen) atoms. The molecule has 4 aromatic rings. The highest BCUT2D eigenvalue weighted by Gasteiger charge is 2.19. The molecule has 2 aromatic heterocycles. The Balaban J connectivity index is 1.47. The molecule has 4 rings (SSSR count). The number of aromatic nitrogens is 4. The number of aromatic amines is 1. The fourth-order valence-electron chi connectivity index (χ4n) is 3.52. The number of amides is 1. The zero-order valence-electron chi connectivity index (χ0n) is 19.3. The lowest BCUT2D eigenvalue weighted by molar-refractivity contribution is 0.0950. The van der Waals surface area contributed by atoms with Crippen molar-refractivity contribution < 1.29 is 4.79 Å². The third-order valence-corrected chi connectivity index (χ3v) is 6.29. The van der Waals surface area contributed by atoms with Crippen LogP contribution in [0.25, 0.3) is 0 Å². The second kappa shape index (κ2) is 10.3. The van der Waals surface area contributed by atoms with Crippen LogP contribution in [-0.4, -0.2) is 32.7 Å². The van der Waals surface area contributed by atoms with Crippen LogP contribution in [0, 0.1) is 6.92 Å². The third kappa shape index (κ3) is 5.64. The van der Waals surface area contributed by atoms with Gasteiger partial charge in [-0.3, -0.25) is 19.1 Å². The van der Waals surface area contributed by atoms with Gasteiger partial charge in [0.1, 0.15) is 16.5 Å². The summed E-state index contributed by atoms with van der Waals surface area (Å²) in [5, 5.41) is 11.6. The smallest absolute Gasteiger partial charge is 0.330 e. The largest absolute Gasteiger partial charge is 0.383 e. The molecular weight excluding hydrogens is 466 g/mol. The number of nitrogens with one attached hydrogen (secondary N) is 2. The molecule has 0 aliphatic rings. The van der Waals surface area contributed by atoms with E-state index in [1.807, 2.05) is 61.5 Å². The summed E-state index contributed by atoms with van der Waals surface area (Å²) >= 11 is 1.13. The third-order valence-electron chi connectivity index (χ3n) is 5.39. The van der Waals surface area contributed by atoms with Gasteiger partial charge in [0.05, 0.1) is 13.1 Å². The summed E-state index contributed by atoms with van der Waals surface area (Å²) in [7, 11) is 1.66. The molecule has 0 atom stereocenters. The van der Waals surface area contributed by atoms with E-state index in [1.54, 1.807) is 11.9 Å². The van der Waals surface area contributed by atoms with Crippen molar-refractivity contribution in [3.05, 3.63) is 102 Å². The number of rotatable bonds is 8. The standard InChI is InChI=1S/C24H25N7O3S/c1-15-8-10-16(11-9-15)12-26-22(33)23-29-28-18(35-23)14-30(2)19-20(25)31(24(34)27-21(19)32)13-17-6-4-3-5-7-17/h3-11H,12-14,25H2,1-2H3,(H,26,33)(H,27,32,34). The molecule has 0 bridgehead atoms. The molecular formula is C24H25N7O3S. The summed E-state index contributed by atoms with van der Waals surface area (Å²) in [6, 6.07) is 17.2. The number of H-pyrrole nitrogens is 1. The molecule has 2 heterocycles. The van der Waals surface area contributed by atoms with E-state index in [-0.39, 0.29) is 35.5 Å². The molecule has 11 heteroatoms. The van der Waals surface area contributed by atoms with E-state index >= 15 is 0 Å². The monoisotopic (exact) mass is 491 g/mol. The quantitative estimate of drug-likeness (QED) is 0.342. The summed E-state index contributed by atoms with van der Waals surface area (Å²) in [6.45, 7) is 2.77. The number of benzene rings is 2. The molecule has 2 aromatic carbocycles. The highest BCUT2D eigenvalue weighted by molar-refractivity contribution is 7.13. The van der Waals surface area contributed by atoms with E-state index in [0.717, 1.165) is 28.0 Å². The molecule has 0 aliphatic carbocycles. The Morgan fingerprint density at radius 3 is 2.51 bits per heavy atom. The minimum Gasteiger partial charge on any atom is -0.383 e. The molecule has 0 saturated heterocycles. The first-order valence-corrected chi connectivity index (χ1v) is 11.7. The Bertz CT molecular complexity index is 1440. The molecule has 180 valence electrons. The minimum absolute atomic E-state index is 0.0469. The van der Waals surface area contributed by atoms with Gasteiger partial charge < -0.3 is 16.0 Å². The van der Waals surface area contributed by atoms with E-state index in [1.165, 1.54) is 4.57 Å². The van der Waals surface area contributed by atoms with Crippen LogP contribution < -0.4 is 27.2 Å². The lowest BCUT2D eigenvalue weighted by atomic mass is 10.1. The second-order valence-corrected chi connectivity index (χ2v) is 9.15. The van der Waals surface area contributed by atoms with Gasteiger partial charge in [-0.1, -0.05) is 71.5 Å². The van der Waals surface area contributed by atoms with Gasteiger partial charge in [-0.15, -0.1) is 10.2 Å². The first-order valence-electron chi connectivity index (χ1n) is 10.9. The molecule has 0 radical (unpaired) electrons. The van der Waals surface area contributed by atoms with Gasteiger partial charge in [0, 0.05) is 13.6 Å². The van der Waals surface area contributed by atoms with E-state index in [2.05, 4.69) is 20.5 Å². The van der Waals surface area contributed by atoms with E-state index in [0.29, 0.717) is 11.6 Å². The zero-order chi connectivity index (χ0) is 24.9. The first kappa shape index (κ1) is 23.9. The molecule has 0 aliphatic heterocycles. The molecule has 1 amide bonds. The maximum absolute atomic E-state index is 12.6. The SMILES string of the molecule is Cc1ccc(CNC(=O)c2nnc(CN(C)c3c(N)n(Cc4ccccc4)c(=O)[nH]c3=O)s2)cc1. The average molecular weight is 492 g/mol. The van der Waals surface area contributed by atoms with Gasteiger partial charge >= 0.3 is 5.69 Å². The van der Waals surface area contributed by atoms with Crippen molar-refractivity contribution in [3.63, 3.8) is 0 Å². The number of anilines is 2. The van der Waals surface area contributed by atoms with Crippen LogP contribution in [0.15, 0.2) is 64.2 Å². The summed E-state index contributed by atoms with van der Waals surface area (Å²) in [5.74, 6) is -0.281. The van der Waals surface area contributed by atoms with Gasteiger partial charge in [0.25, 0.3) is 11.5 Å². The van der Waals surface area contributed by atoms with Crippen molar-refractivity contribution >= 4 is 28.7 Å². The first-order chi connectivity index (χ1) is 16.8. The van der Waals surface area contributed by atoms with Crippen LogP contribution in [0.3, 0.4) is 0 Å². The molecule has 10 nitrogen and oxygen atoms in total. The lowest BCUT2D eigenvalue weighted by Gasteiger charge is -2.20. The Morgan fingerprint density at radius 2 is 1.80 bits per heavy atom. The van der Waals surface area contributed by atoms with Crippen molar-refractivity contribution in [2.24, 2.45) is 0 Å². The van der Waals surface area contributed by atoms with Crippen LogP contribution in [0.4, 0.5) is 11.5 Å². The van der Waals surface area contributed by atoms with Gasteiger partial charge in [-0.25, -0.2) is 4.79 Å². The predicted molar refractivity (Wildman–Crippen MR) is 136 cm³/mol. The number of nitrogen functional groups attached to an aromatic ring is 1. The Morgan fingerprint density at radius 1 is 1.09 bits per heavy atom. The summed E-state index contributed by atoms with van der Waals surface area (Å²) in [5.41, 5.74) is 8.20. The van der Waals surface area contributed by atoms with Crippen molar-refractivity contribution in [1.29, 1.82) is 0 Å². The Kier molecular flexibility index (Phi) is 7.06.